The minimum atomic E-state index is -3.42. The van der Waals surface area contributed by atoms with E-state index in [0.717, 1.165) is 22.2 Å². The molecule has 0 bridgehead atoms. The SMILES string of the molecule is Cc1nnc2sc(C(=O)N3CCC(NS(=O)(=O)CCCc4ccccc4)C3)c(N)c2c1C. The molecule has 1 saturated heterocycles. The van der Waals surface area contributed by atoms with Gasteiger partial charge in [-0.25, -0.2) is 13.1 Å². The lowest BCUT2D eigenvalue weighted by Gasteiger charge is -2.17. The van der Waals surface area contributed by atoms with Crippen molar-refractivity contribution in [3.8, 4) is 0 Å². The number of hydrogen-bond donors (Lipinski definition) is 2. The maximum atomic E-state index is 13.1. The third-order valence-electron chi connectivity index (χ3n) is 5.87. The molecule has 8 nitrogen and oxygen atoms in total. The third kappa shape index (κ3) is 4.77. The average molecular weight is 474 g/mol. The highest BCUT2D eigenvalue weighted by atomic mass is 32.2. The van der Waals surface area contributed by atoms with Gasteiger partial charge in [-0.1, -0.05) is 30.3 Å². The van der Waals surface area contributed by atoms with E-state index in [0.29, 0.717) is 47.7 Å². The zero-order valence-electron chi connectivity index (χ0n) is 18.2. The lowest BCUT2D eigenvalue weighted by atomic mass is 10.1. The first-order valence-corrected chi connectivity index (χ1v) is 13.1. The topological polar surface area (TPSA) is 118 Å². The number of thiophene rings is 1. The molecule has 170 valence electrons. The zero-order valence-corrected chi connectivity index (χ0v) is 19.8. The molecule has 1 amide bonds. The van der Waals surface area contributed by atoms with Gasteiger partial charge in [0.1, 0.15) is 9.71 Å². The number of rotatable bonds is 7. The number of aromatic nitrogens is 2. The first-order valence-electron chi connectivity index (χ1n) is 10.6. The summed E-state index contributed by atoms with van der Waals surface area (Å²) in [5, 5.41) is 9.07. The fourth-order valence-corrected chi connectivity index (χ4v) is 6.42. The van der Waals surface area contributed by atoms with Gasteiger partial charge in [0.15, 0.2) is 0 Å². The van der Waals surface area contributed by atoms with E-state index in [1.807, 2.05) is 44.2 Å². The van der Waals surface area contributed by atoms with Crippen LogP contribution in [0.1, 0.15) is 39.3 Å². The minimum absolute atomic E-state index is 0.0624. The Morgan fingerprint density at radius 3 is 2.75 bits per heavy atom. The van der Waals surface area contributed by atoms with Crippen molar-refractivity contribution in [3.63, 3.8) is 0 Å². The number of fused-ring (bicyclic) bond motifs is 1. The van der Waals surface area contributed by atoms with Crippen molar-refractivity contribution in [2.24, 2.45) is 0 Å². The van der Waals surface area contributed by atoms with Crippen molar-refractivity contribution in [2.75, 3.05) is 24.6 Å². The maximum absolute atomic E-state index is 13.1. The smallest absolute Gasteiger partial charge is 0.266 e. The van der Waals surface area contributed by atoms with Gasteiger partial charge in [0.05, 0.1) is 17.1 Å². The van der Waals surface area contributed by atoms with E-state index in [9.17, 15) is 13.2 Å². The molecular formula is C22H27N5O3S2. The Hall–Kier alpha value is -2.56. The van der Waals surface area contributed by atoms with Gasteiger partial charge in [-0.05, 0) is 44.2 Å². The van der Waals surface area contributed by atoms with Gasteiger partial charge in [0.25, 0.3) is 5.91 Å². The Balaban J connectivity index is 1.37. The monoisotopic (exact) mass is 473 g/mol. The number of nitrogens with zero attached hydrogens (tertiary/aromatic N) is 3. The second kappa shape index (κ2) is 9.13. The molecule has 1 aliphatic heterocycles. The van der Waals surface area contributed by atoms with Crippen LogP contribution in [0.2, 0.25) is 0 Å². The number of nitrogens with two attached hydrogens (primary N) is 1. The molecule has 0 saturated carbocycles. The zero-order chi connectivity index (χ0) is 22.9. The Morgan fingerprint density at radius 1 is 1.25 bits per heavy atom. The van der Waals surface area contributed by atoms with E-state index in [2.05, 4.69) is 14.9 Å². The molecule has 0 radical (unpaired) electrons. The summed E-state index contributed by atoms with van der Waals surface area (Å²) in [6, 6.07) is 9.54. The summed E-state index contributed by atoms with van der Waals surface area (Å²) in [7, 11) is -3.42. The van der Waals surface area contributed by atoms with E-state index in [-0.39, 0.29) is 17.7 Å². The van der Waals surface area contributed by atoms with Crippen LogP contribution >= 0.6 is 11.3 Å². The van der Waals surface area contributed by atoms with E-state index in [1.54, 1.807) is 4.90 Å². The molecule has 3 N–H and O–H groups in total. The van der Waals surface area contributed by atoms with Crippen molar-refractivity contribution in [3.05, 3.63) is 52.0 Å². The van der Waals surface area contributed by atoms with Crippen molar-refractivity contribution >= 4 is 43.2 Å². The highest BCUT2D eigenvalue weighted by Crippen LogP contribution is 2.36. The van der Waals surface area contributed by atoms with Gasteiger partial charge in [0.2, 0.25) is 10.0 Å². The number of nitrogens with one attached hydrogen (secondary N) is 1. The number of carbonyl (C=O) groups excluding carboxylic acids is 1. The van der Waals surface area contributed by atoms with Crippen molar-refractivity contribution in [1.82, 2.24) is 19.8 Å². The molecule has 1 unspecified atom stereocenters. The van der Waals surface area contributed by atoms with Crippen LogP contribution in [0.15, 0.2) is 30.3 Å². The second-order valence-corrected chi connectivity index (χ2v) is 11.1. The number of anilines is 1. The lowest BCUT2D eigenvalue weighted by Crippen LogP contribution is -2.39. The summed E-state index contributed by atoms with van der Waals surface area (Å²) < 4.78 is 27.8. The molecule has 0 aliphatic carbocycles. The number of likely N-dealkylation sites (tertiary alicyclic amines) is 1. The number of aryl methyl sites for hydroxylation is 3. The van der Waals surface area contributed by atoms with E-state index < -0.39 is 10.0 Å². The molecule has 3 heterocycles. The van der Waals surface area contributed by atoms with Gasteiger partial charge in [0, 0.05) is 24.5 Å². The minimum Gasteiger partial charge on any atom is -0.397 e. The molecule has 10 heteroatoms. The van der Waals surface area contributed by atoms with Crippen molar-refractivity contribution in [2.45, 2.75) is 39.2 Å². The van der Waals surface area contributed by atoms with Crippen LogP contribution in [0.5, 0.6) is 0 Å². The summed E-state index contributed by atoms with van der Waals surface area (Å²) in [5.41, 5.74) is 9.55. The molecule has 2 aromatic heterocycles. The predicted molar refractivity (Wildman–Crippen MR) is 127 cm³/mol. The Labute approximate surface area is 191 Å². The first-order chi connectivity index (χ1) is 15.2. The van der Waals surface area contributed by atoms with Crippen molar-refractivity contribution < 1.29 is 13.2 Å². The van der Waals surface area contributed by atoms with E-state index in [1.165, 1.54) is 11.3 Å². The molecule has 1 fully saturated rings. The Morgan fingerprint density at radius 2 is 2.00 bits per heavy atom. The maximum Gasteiger partial charge on any atom is 0.266 e. The van der Waals surface area contributed by atoms with Gasteiger partial charge in [-0.15, -0.1) is 16.4 Å². The van der Waals surface area contributed by atoms with Gasteiger partial charge in [-0.2, -0.15) is 5.10 Å². The van der Waals surface area contributed by atoms with Crippen LogP contribution < -0.4 is 10.5 Å². The van der Waals surface area contributed by atoms with E-state index in [4.69, 9.17) is 5.73 Å². The summed E-state index contributed by atoms with van der Waals surface area (Å²) in [4.78, 5) is 15.8. The highest BCUT2D eigenvalue weighted by Gasteiger charge is 2.32. The highest BCUT2D eigenvalue weighted by molar-refractivity contribution is 7.89. The number of carbonyl (C=O) groups is 1. The number of amides is 1. The lowest BCUT2D eigenvalue weighted by molar-refractivity contribution is 0.0796. The number of sulfonamides is 1. The van der Waals surface area contributed by atoms with Crippen LogP contribution in [0.25, 0.3) is 10.2 Å². The Kier molecular flexibility index (Phi) is 6.45. The van der Waals surface area contributed by atoms with Gasteiger partial charge in [-0.3, -0.25) is 4.79 Å². The van der Waals surface area contributed by atoms with Gasteiger partial charge >= 0.3 is 0 Å². The number of nitrogen functional groups attached to an aromatic ring is 1. The van der Waals surface area contributed by atoms with Crippen LogP contribution in [-0.2, 0) is 16.4 Å². The van der Waals surface area contributed by atoms with Crippen LogP contribution in [0, 0.1) is 13.8 Å². The van der Waals surface area contributed by atoms with E-state index >= 15 is 0 Å². The summed E-state index contributed by atoms with van der Waals surface area (Å²) in [6.45, 7) is 4.58. The summed E-state index contributed by atoms with van der Waals surface area (Å²) >= 11 is 1.24. The predicted octanol–water partition coefficient (Wildman–Crippen LogP) is 2.66. The molecule has 1 aliphatic rings. The molecule has 3 aromatic rings. The Bertz CT molecular complexity index is 1240. The average Bonchev–Trinajstić information content (AvgIpc) is 3.35. The molecule has 0 spiro atoms. The quantitative estimate of drug-likeness (QED) is 0.545. The first kappa shape index (κ1) is 22.6. The van der Waals surface area contributed by atoms with Crippen LogP contribution in [-0.4, -0.2) is 54.3 Å². The fourth-order valence-electron chi connectivity index (χ4n) is 4.01. The van der Waals surface area contributed by atoms with Crippen molar-refractivity contribution in [1.29, 1.82) is 0 Å². The molecular weight excluding hydrogens is 446 g/mol. The summed E-state index contributed by atoms with van der Waals surface area (Å²) in [6.07, 6.45) is 1.84. The third-order valence-corrected chi connectivity index (χ3v) is 8.47. The number of hydrogen-bond acceptors (Lipinski definition) is 7. The largest absolute Gasteiger partial charge is 0.397 e. The van der Waals surface area contributed by atoms with Crippen LogP contribution in [0.3, 0.4) is 0 Å². The number of benzene rings is 1. The normalized spacial score (nSPS) is 16.7. The fraction of sp³-hybridized carbons (Fsp3) is 0.409. The second-order valence-electron chi connectivity index (χ2n) is 8.20. The van der Waals surface area contributed by atoms with Gasteiger partial charge < -0.3 is 10.6 Å². The standard InChI is InChI=1S/C22H27N5O3S2/c1-14-15(2)24-25-21-18(14)19(23)20(31-21)22(28)27-11-10-17(13-27)26-32(29,30)12-6-9-16-7-4-3-5-8-16/h3-5,7-8,17,26H,6,9-13,23H2,1-2H3. The molecule has 1 aromatic carbocycles. The molecule has 4 rings (SSSR count). The molecule has 32 heavy (non-hydrogen) atoms. The molecule has 1 atom stereocenters. The van der Waals surface area contributed by atoms with Crippen LogP contribution in [0.4, 0.5) is 5.69 Å². The summed E-state index contributed by atoms with van der Waals surface area (Å²) in [5.74, 6) is -0.124.